The number of ether oxygens (including phenoxy) is 1. The van der Waals surface area contributed by atoms with E-state index in [9.17, 15) is 0 Å². The first kappa shape index (κ1) is 9.07. The lowest BCUT2D eigenvalue weighted by Gasteiger charge is -2.03. The van der Waals surface area contributed by atoms with Crippen molar-refractivity contribution >= 4 is 15.8 Å². The fourth-order valence-corrected chi connectivity index (χ4v) is 1.34. The maximum absolute atomic E-state index is 5.37. The first-order valence-electron chi connectivity index (χ1n) is 4.12. The van der Waals surface area contributed by atoms with Crippen LogP contribution < -0.4 is 4.74 Å². The largest absolute Gasteiger partial charge is 0.498 e. The highest BCUT2D eigenvalue weighted by molar-refractivity contribution is 6.08. The predicted octanol–water partition coefficient (Wildman–Crippen LogP) is 1.42. The zero-order chi connectivity index (χ0) is 8.97. The van der Waals surface area contributed by atoms with Crippen LogP contribution in [0.25, 0.3) is 5.57 Å². The van der Waals surface area contributed by atoms with E-state index in [4.69, 9.17) is 4.74 Å². The van der Waals surface area contributed by atoms with E-state index < -0.39 is 0 Å². The van der Waals surface area contributed by atoms with E-state index in [1.54, 1.807) is 0 Å². The minimum atomic E-state index is 0.854. The van der Waals surface area contributed by atoms with Crippen molar-refractivity contribution < 1.29 is 4.74 Å². The van der Waals surface area contributed by atoms with E-state index in [0.29, 0.717) is 0 Å². The number of benzene rings is 1. The third-order valence-corrected chi connectivity index (χ3v) is 1.95. The molecule has 0 atom stereocenters. The third kappa shape index (κ3) is 2.24. The van der Waals surface area contributed by atoms with Crippen LogP contribution in [0, 0.1) is 0 Å². The van der Waals surface area contributed by atoms with Crippen LogP contribution in [0.5, 0.6) is 5.75 Å². The Morgan fingerprint density at radius 1 is 1.42 bits per heavy atom. The minimum Gasteiger partial charge on any atom is -0.498 e. The Balaban J connectivity index is 2.78. The van der Waals surface area contributed by atoms with Gasteiger partial charge in [0.2, 0.25) is 0 Å². The summed E-state index contributed by atoms with van der Waals surface area (Å²) in [6.45, 7) is 5.87. The number of hydrogen-bond donors (Lipinski definition) is 0. The normalized spacial score (nSPS) is 9.75. The standard InChI is InChI=1S/C10H14OSi/c1-8(2)9-3-5-10(6-4-9)11-7-12/h3-6H,1,7H2,2,12H3. The zero-order valence-electron chi connectivity index (χ0n) is 7.63. The minimum absolute atomic E-state index is 0.854. The molecule has 0 radical (unpaired) electrons. The van der Waals surface area contributed by atoms with Gasteiger partial charge in [-0.3, -0.25) is 0 Å². The molecular formula is C10H14OSi. The Bertz CT molecular complexity index is 264. The molecule has 0 aromatic heterocycles. The lowest BCUT2D eigenvalue weighted by Crippen LogP contribution is -1.94. The third-order valence-electron chi connectivity index (χ3n) is 1.66. The maximum Gasteiger partial charge on any atom is 0.118 e. The van der Waals surface area contributed by atoms with Crippen molar-refractivity contribution in [3.8, 4) is 5.75 Å². The van der Waals surface area contributed by atoms with Crippen LogP contribution in [0.4, 0.5) is 0 Å². The first-order chi connectivity index (χ1) is 5.74. The van der Waals surface area contributed by atoms with E-state index >= 15 is 0 Å². The molecule has 12 heavy (non-hydrogen) atoms. The molecule has 0 saturated carbocycles. The molecule has 0 heterocycles. The van der Waals surface area contributed by atoms with Crippen molar-refractivity contribution in [1.29, 1.82) is 0 Å². The summed E-state index contributed by atoms with van der Waals surface area (Å²) in [5.74, 6) is 0.954. The summed E-state index contributed by atoms with van der Waals surface area (Å²) in [5.41, 5.74) is 2.27. The van der Waals surface area contributed by atoms with Crippen LogP contribution in [0.3, 0.4) is 0 Å². The quantitative estimate of drug-likeness (QED) is 0.636. The summed E-state index contributed by atoms with van der Waals surface area (Å²) in [6.07, 6.45) is 0.854. The van der Waals surface area contributed by atoms with Crippen LogP contribution in [0.15, 0.2) is 30.8 Å². The van der Waals surface area contributed by atoms with Gasteiger partial charge in [0, 0.05) is 0 Å². The predicted molar refractivity (Wildman–Crippen MR) is 56.6 cm³/mol. The smallest absolute Gasteiger partial charge is 0.118 e. The molecule has 0 aliphatic heterocycles. The topological polar surface area (TPSA) is 9.23 Å². The molecule has 1 rings (SSSR count). The zero-order valence-corrected chi connectivity index (χ0v) is 9.63. The monoisotopic (exact) mass is 178 g/mol. The van der Waals surface area contributed by atoms with Crippen LogP contribution in [-0.4, -0.2) is 16.5 Å². The molecule has 1 aromatic carbocycles. The molecule has 0 N–H and O–H groups in total. The second-order valence-corrected chi connectivity index (χ2v) is 3.32. The van der Waals surface area contributed by atoms with Crippen LogP contribution in [0.2, 0.25) is 0 Å². The molecule has 0 saturated heterocycles. The van der Waals surface area contributed by atoms with Crippen molar-refractivity contribution in [2.45, 2.75) is 6.92 Å². The fraction of sp³-hybridized carbons (Fsp3) is 0.200. The summed E-state index contributed by atoms with van der Waals surface area (Å²) in [4.78, 5) is 0. The highest BCUT2D eigenvalue weighted by Crippen LogP contribution is 2.16. The summed E-state index contributed by atoms with van der Waals surface area (Å²) < 4.78 is 5.37. The lowest BCUT2D eigenvalue weighted by atomic mass is 10.1. The van der Waals surface area contributed by atoms with Gasteiger partial charge in [-0.05, 0) is 24.6 Å². The molecular weight excluding hydrogens is 164 g/mol. The SMILES string of the molecule is C=C(C)c1ccc(OC[SiH3])cc1. The van der Waals surface area contributed by atoms with Crippen molar-refractivity contribution in [3.63, 3.8) is 0 Å². The van der Waals surface area contributed by atoms with Gasteiger partial charge in [-0.2, -0.15) is 0 Å². The first-order valence-corrected chi connectivity index (χ1v) is 5.54. The Kier molecular flexibility index (Phi) is 3.11. The summed E-state index contributed by atoms with van der Waals surface area (Å²) in [6, 6.07) is 8.05. The second kappa shape index (κ2) is 4.12. The lowest BCUT2D eigenvalue weighted by molar-refractivity contribution is 0.387. The van der Waals surface area contributed by atoms with Gasteiger partial charge in [0.15, 0.2) is 0 Å². The van der Waals surface area contributed by atoms with Gasteiger partial charge in [0.25, 0.3) is 0 Å². The van der Waals surface area contributed by atoms with Crippen LogP contribution >= 0.6 is 0 Å². The number of allylic oxidation sites excluding steroid dienone is 1. The summed E-state index contributed by atoms with van der Waals surface area (Å²) >= 11 is 0. The molecule has 0 spiro atoms. The molecule has 64 valence electrons. The van der Waals surface area contributed by atoms with E-state index in [0.717, 1.165) is 27.8 Å². The van der Waals surface area contributed by atoms with Crippen molar-refractivity contribution in [2.75, 3.05) is 6.23 Å². The van der Waals surface area contributed by atoms with E-state index in [2.05, 4.69) is 6.58 Å². The van der Waals surface area contributed by atoms with Gasteiger partial charge < -0.3 is 4.74 Å². The average molecular weight is 178 g/mol. The highest BCUT2D eigenvalue weighted by atomic mass is 28.1. The van der Waals surface area contributed by atoms with Crippen LogP contribution in [0.1, 0.15) is 12.5 Å². The highest BCUT2D eigenvalue weighted by Gasteiger charge is 1.93. The van der Waals surface area contributed by atoms with E-state index in [1.165, 1.54) is 5.56 Å². The summed E-state index contributed by atoms with van der Waals surface area (Å²) in [5, 5.41) is 0. The molecule has 0 aliphatic rings. The fourth-order valence-electron chi connectivity index (χ4n) is 1.00. The van der Waals surface area contributed by atoms with Crippen molar-refractivity contribution in [2.24, 2.45) is 0 Å². The molecule has 0 aliphatic carbocycles. The van der Waals surface area contributed by atoms with Gasteiger partial charge in [-0.1, -0.05) is 24.3 Å². The molecule has 0 unspecified atom stereocenters. The summed E-state index contributed by atoms with van der Waals surface area (Å²) in [7, 11) is 1.08. The molecule has 0 amide bonds. The van der Waals surface area contributed by atoms with Gasteiger partial charge in [-0.25, -0.2) is 0 Å². The Labute approximate surface area is 76.5 Å². The van der Waals surface area contributed by atoms with Crippen molar-refractivity contribution in [3.05, 3.63) is 36.4 Å². The molecule has 0 bridgehead atoms. The van der Waals surface area contributed by atoms with Gasteiger partial charge in [0.05, 0.1) is 16.5 Å². The average Bonchev–Trinajstić information content (AvgIpc) is 2.06. The van der Waals surface area contributed by atoms with Crippen molar-refractivity contribution in [1.82, 2.24) is 0 Å². The van der Waals surface area contributed by atoms with Gasteiger partial charge in [-0.15, -0.1) is 0 Å². The number of hydrogen-bond acceptors (Lipinski definition) is 1. The van der Waals surface area contributed by atoms with Gasteiger partial charge >= 0.3 is 0 Å². The molecule has 2 heteroatoms. The van der Waals surface area contributed by atoms with E-state index in [1.807, 2.05) is 31.2 Å². The van der Waals surface area contributed by atoms with Crippen LogP contribution in [-0.2, 0) is 0 Å². The maximum atomic E-state index is 5.37. The molecule has 1 aromatic rings. The van der Waals surface area contributed by atoms with Gasteiger partial charge in [0.1, 0.15) is 5.75 Å². The van der Waals surface area contributed by atoms with E-state index in [-0.39, 0.29) is 0 Å². The Hall–Kier alpha value is -1.02. The molecule has 0 fully saturated rings. The molecule has 1 nitrogen and oxygen atoms in total. The second-order valence-electron chi connectivity index (χ2n) is 2.74. The number of rotatable bonds is 3. The Morgan fingerprint density at radius 2 is 2.00 bits per heavy atom. The Morgan fingerprint density at radius 3 is 2.42 bits per heavy atom.